The van der Waals surface area contributed by atoms with Gasteiger partial charge in [0.05, 0.1) is 6.26 Å². The first-order valence-corrected chi connectivity index (χ1v) is 10.3. The van der Waals surface area contributed by atoms with E-state index in [1.807, 2.05) is 30.0 Å². The summed E-state index contributed by atoms with van der Waals surface area (Å²) >= 11 is 0. The summed E-state index contributed by atoms with van der Waals surface area (Å²) in [6.07, 6.45) is 2.56. The molecule has 1 amide bonds. The van der Waals surface area contributed by atoms with Gasteiger partial charge in [-0.1, -0.05) is 0 Å². The minimum atomic E-state index is -3.19. The highest BCUT2D eigenvalue weighted by Crippen LogP contribution is 2.24. The van der Waals surface area contributed by atoms with Crippen molar-refractivity contribution < 1.29 is 13.2 Å². The molecular formula is C18H25N3O3S. The van der Waals surface area contributed by atoms with Gasteiger partial charge in [0.25, 0.3) is 5.91 Å². The van der Waals surface area contributed by atoms with E-state index >= 15 is 0 Å². The summed E-state index contributed by atoms with van der Waals surface area (Å²) in [5.41, 5.74) is 4.01. The van der Waals surface area contributed by atoms with Gasteiger partial charge in [-0.05, 0) is 50.5 Å². The van der Waals surface area contributed by atoms with Crippen LogP contribution in [0, 0.1) is 13.8 Å². The normalized spacial score (nSPS) is 16.8. The Morgan fingerprint density at radius 2 is 1.88 bits per heavy atom. The number of sulfonamides is 1. The lowest BCUT2D eigenvalue weighted by Crippen LogP contribution is -2.47. The number of hydrogen-bond acceptors (Lipinski definition) is 3. The highest BCUT2D eigenvalue weighted by Gasteiger charge is 2.29. The second-order valence-corrected chi connectivity index (χ2v) is 8.98. The third kappa shape index (κ3) is 3.43. The van der Waals surface area contributed by atoms with Crippen LogP contribution in [-0.4, -0.2) is 60.9 Å². The molecule has 1 saturated heterocycles. The second kappa shape index (κ2) is 6.46. The number of H-pyrrole nitrogens is 1. The van der Waals surface area contributed by atoms with Gasteiger partial charge in [0, 0.05) is 48.3 Å². The van der Waals surface area contributed by atoms with Crippen LogP contribution in [0.1, 0.15) is 34.5 Å². The number of rotatable bonds is 3. The Balaban J connectivity index is 1.74. The number of amides is 1. The SMILES string of the molecule is Cc1[nH]c2ccc(C(=O)N3CCC(N(C)S(C)(=O)=O)CC3)cc2c1C. The summed E-state index contributed by atoms with van der Waals surface area (Å²) in [6.45, 7) is 5.23. The van der Waals surface area contributed by atoms with E-state index in [4.69, 9.17) is 0 Å². The zero-order chi connectivity index (χ0) is 18.4. The monoisotopic (exact) mass is 363 g/mol. The summed E-state index contributed by atoms with van der Waals surface area (Å²) in [6, 6.07) is 5.73. The lowest BCUT2D eigenvalue weighted by molar-refractivity contribution is 0.0686. The van der Waals surface area contributed by atoms with Crippen molar-refractivity contribution in [3.63, 3.8) is 0 Å². The summed E-state index contributed by atoms with van der Waals surface area (Å²) in [7, 11) is -1.58. The fourth-order valence-corrected chi connectivity index (χ4v) is 4.23. The predicted octanol–water partition coefficient (Wildman–Crippen LogP) is 2.28. The maximum Gasteiger partial charge on any atom is 0.253 e. The van der Waals surface area contributed by atoms with Crippen molar-refractivity contribution in [2.24, 2.45) is 0 Å². The van der Waals surface area contributed by atoms with E-state index in [9.17, 15) is 13.2 Å². The van der Waals surface area contributed by atoms with Crippen LogP contribution in [0.25, 0.3) is 10.9 Å². The molecule has 1 fully saturated rings. The van der Waals surface area contributed by atoms with Crippen LogP contribution in [0.5, 0.6) is 0 Å². The van der Waals surface area contributed by atoms with Gasteiger partial charge < -0.3 is 9.88 Å². The second-order valence-electron chi connectivity index (χ2n) is 6.94. The smallest absolute Gasteiger partial charge is 0.253 e. The van der Waals surface area contributed by atoms with Crippen LogP contribution < -0.4 is 0 Å². The average molecular weight is 363 g/mol. The number of carbonyl (C=O) groups is 1. The topological polar surface area (TPSA) is 73.5 Å². The Morgan fingerprint density at radius 1 is 1.24 bits per heavy atom. The Kier molecular flexibility index (Phi) is 4.64. The number of nitrogens with zero attached hydrogens (tertiary/aromatic N) is 2. The van der Waals surface area contributed by atoms with Crippen molar-refractivity contribution in [2.75, 3.05) is 26.4 Å². The van der Waals surface area contributed by atoms with Crippen molar-refractivity contribution in [3.8, 4) is 0 Å². The number of carbonyl (C=O) groups excluding carboxylic acids is 1. The summed E-state index contributed by atoms with van der Waals surface area (Å²) < 4.78 is 24.8. The van der Waals surface area contributed by atoms with E-state index in [2.05, 4.69) is 11.9 Å². The van der Waals surface area contributed by atoms with E-state index in [0.717, 1.165) is 22.2 Å². The molecular weight excluding hydrogens is 338 g/mol. The zero-order valence-electron chi connectivity index (χ0n) is 15.2. The lowest BCUT2D eigenvalue weighted by atomic mass is 10.0. The van der Waals surface area contributed by atoms with Crippen molar-refractivity contribution in [1.29, 1.82) is 0 Å². The molecule has 0 unspecified atom stereocenters. The van der Waals surface area contributed by atoms with Crippen LogP contribution in [0.15, 0.2) is 18.2 Å². The number of aromatic amines is 1. The molecule has 3 rings (SSSR count). The third-order valence-corrected chi connectivity index (χ3v) is 6.69. The number of aromatic nitrogens is 1. The molecule has 1 aliphatic heterocycles. The van der Waals surface area contributed by atoms with Gasteiger partial charge in [0.2, 0.25) is 10.0 Å². The number of benzene rings is 1. The number of hydrogen-bond donors (Lipinski definition) is 1. The van der Waals surface area contributed by atoms with Gasteiger partial charge in [0.1, 0.15) is 0 Å². The summed E-state index contributed by atoms with van der Waals surface area (Å²) in [4.78, 5) is 18.0. The van der Waals surface area contributed by atoms with Gasteiger partial charge in [-0.2, -0.15) is 0 Å². The van der Waals surface area contributed by atoms with Gasteiger partial charge in [-0.25, -0.2) is 12.7 Å². The molecule has 1 aliphatic rings. The Hall–Kier alpha value is -1.86. The van der Waals surface area contributed by atoms with Crippen molar-refractivity contribution in [3.05, 3.63) is 35.0 Å². The minimum Gasteiger partial charge on any atom is -0.358 e. The van der Waals surface area contributed by atoms with Gasteiger partial charge in [-0.3, -0.25) is 4.79 Å². The average Bonchev–Trinajstić information content (AvgIpc) is 2.87. The Morgan fingerprint density at radius 3 is 2.48 bits per heavy atom. The molecule has 6 nitrogen and oxygen atoms in total. The van der Waals surface area contributed by atoms with Gasteiger partial charge in [-0.15, -0.1) is 0 Å². The molecule has 7 heteroatoms. The first-order valence-electron chi connectivity index (χ1n) is 8.49. The highest BCUT2D eigenvalue weighted by atomic mass is 32.2. The largest absolute Gasteiger partial charge is 0.358 e. The standard InChI is InChI=1S/C18H25N3O3S/c1-12-13(2)19-17-6-5-14(11-16(12)17)18(22)21-9-7-15(8-10-21)20(3)25(4,23)24/h5-6,11,15,19H,7-10H2,1-4H3. The van der Waals surface area contributed by atoms with E-state index < -0.39 is 10.0 Å². The molecule has 136 valence electrons. The molecule has 1 N–H and O–H groups in total. The number of nitrogens with one attached hydrogen (secondary N) is 1. The number of likely N-dealkylation sites (tertiary alicyclic amines) is 1. The van der Waals surface area contributed by atoms with Crippen LogP contribution in [0.4, 0.5) is 0 Å². The van der Waals surface area contributed by atoms with E-state index in [0.29, 0.717) is 31.5 Å². The zero-order valence-corrected chi connectivity index (χ0v) is 16.0. The molecule has 2 aromatic rings. The first-order chi connectivity index (χ1) is 11.7. The Bertz CT molecular complexity index is 909. The quantitative estimate of drug-likeness (QED) is 0.909. The van der Waals surface area contributed by atoms with Crippen LogP contribution in [0.3, 0.4) is 0 Å². The van der Waals surface area contributed by atoms with Crippen molar-refractivity contribution in [1.82, 2.24) is 14.2 Å². The third-order valence-electron chi connectivity index (χ3n) is 5.34. The fraction of sp³-hybridized carbons (Fsp3) is 0.500. The number of fused-ring (bicyclic) bond motifs is 1. The molecule has 0 spiro atoms. The fourth-order valence-electron chi connectivity index (χ4n) is 3.48. The van der Waals surface area contributed by atoms with Crippen molar-refractivity contribution >= 4 is 26.8 Å². The molecule has 0 aliphatic carbocycles. The Labute approximate surface area is 148 Å². The molecule has 0 bridgehead atoms. The van der Waals surface area contributed by atoms with Crippen LogP contribution in [-0.2, 0) is 10.0 Å². The number of aryl methyl sites for hydroxylation is 2. The molecule has 0 atom stereocenters. The molecule has 2 heterocycles. The van der Waals surface area contributed by atoms with Crippen molar-refractivity contribution in [2.45, 2.75) is 32.7 Å². The van der Waals surface area contributed by atoms with E-state index in [1.165, 1.54) is 10.6 Å². The predicted molar refractivity (Wildman–Crippen MR) is 99.3 cm³/mol. The van der Waals surface area contributed by atoms with Crippen LogP contribution >= 0.6 is 0 Å². The van der Waals surface area contributed by atoms with E-state index in [-0.39, 0.29) is 11.9 Å². The molecule has 0 radical (unpaired) electrons. The molecule has 0 saturated carbocycles. The molecule has 1 aromatic heterocycles. The summed E-state index contributed by atoms with van der Waals surface area (Å²) in [5.74, 6) is 0.0145. The van der Waals surface area contributed by atoms with E-state index in [1.54, 1.807) is 7.05 Å². The van der Waals surface area contributed by atoms with Gasteiger partial charge >= 0.3 is 0 Å². The maximum absolute atomic E-state index is 12.8. The van der Waals surface area contributed by atoms with Crippen LogP contribution in [0.2, 0.25) is 0 Å². The number of piperidine rings is 1. The lowest BCUT2D eigenvalue weighted by Gasteiger charge is -2.35. The minimum absolute atomic E-state index is 0.0145. The maximum atomic E-state index is 12.8. The molecule has 25 heavy (non-hydrogen) atoms. The highest BCUT2D eigenvalue weighted by molar-refractivity contribution is 7.88. The molecule has 1 aromatic carbocycles. The summed E-state index contributed by atoms with van der Waals surface area (Å²) in [5, 5.41) is 1.08. The first kappa shape index (κ1) is 17.9. The van der Waals surface area contributed by atoms with Gasteiger partial charge in [0.15, 0.2) is 0 Å².